The molecule has 0 spiro atoms. The predicted octanol–water partition coefficient (Wildman–Crippen LogP) is 11.0. The molecule has 38 heavy (non-hydrogen) atoms. The average Bonchev–Trinajstić information content (AvgIpc) is 2.92. The van der Waals surface area contributed by atoms with Gasteiger partial charge in [0.25, 0.3) is 0 Å². The number of unbranched alkanes of at least 4 members (excludes halogenated alkanes) is 2. The van der Waals surface area contributed by atoms with E-state index in [1.807, 2.05) is 0 Å². The molecule has 1 saturated heterocycles. The first-order valence-electron chi connectivity index (χ1n) is 16.4. The van der Waals surface area contributed by atoms with Crippen LogP contribution in [0.25, 0.3) is 0 Å². The highest BCUT2D eigenvalue weighted by Gasteiger charge is 2.37. The Kier molecular flexibility index (Phi) is 11.9. The van der Waals surface area contributed by atoms with Gasteiger partial charge in [-0.15, -0.1) is 0 Å². The Morgan fingerprint density at radius 1 is 0.658 bits per heavy atom. The fourth-order valence-electron chi connectivity index (χ4n) is 8.49. The maximum Gasteiger partial charge on any atom is 0.412 e. The first-order chi connectivity index (χ1) is 18.3. The van der Waals surface area contributed by atoms with Gasteiger partial charge in [-0.1, -0.05) is 84.0 Å². The molecule has 0 aromatic carbocycles. The molecule has 0 bridgehead atoms. The highest BCUT2D eigenvalue weighted by molar-refractivity contribution is 5.03. The third-order valence-electron chi connectivity index (χ3n) is 11.1. The van der Waals surface area contributed by atoms with Gasteiger partial charge in [-0.2, -0.15) is 13.2 Å². The van der Waals surface area contributed by atoms with Crippen LogP contribution in [0.15, 0.2) is 11.9 Å². The minimum Gasteiger partial charge on any atom is -0.378 e. The maximum absolute atomic E-state index is 14.0. The van der Waals surface area contributed by atoms with E-state index in [1.54, 1.807) is 0 Å². The zero-order valence-corrected chi connectivity index (χ0v) is 24.0. The summed E-state index contributed by atoms with van der Waals surface area (Å²) in [6.07, 6.45) is 20.4. The topological polar surface area (TPSA) is 9.23 Å². The van der Waals surface area contributed by atoms with Crippen LogP contribution < -0.4 is 0 Å². The van der Waals surface area contributed by atoms with Crippen LogP contribution in [0.1, 0.15) is 135 Å². The Labute approximate surface area is 229 Å². The molecule has 4 rings (SSSR count). The molecule has 220 valence electrons. The van der Waals surface area contributed by atoms with E-state index in [4.69, 9.17) is 4.74 Å². The summed E-state index contributed by atoms with van der Waals surface area (Å²) in [5.74, 6) is 3.27. The van der Waals surface area contributed by atoms with E-state index in [2.05, 4.69) is 6.92 Å². The van der Waals surface area contributed by atoms with Crippen LogP contribution in [-0.2, 0) is 4.74 Å². The van der Waals surface area contributed by atoms with Gasteiger partial charge < -0.3 is 4.74 Å². The molecular formula is C33H54F4O. The van der Waals surface area contributed by atoms with Gasteiger partial charge in [-0.05, 0) is 86.9 Å². The van der Waals surface area contributed by atoms with Crippen LogP contribution in [0, 0.1) is 41.4 Å². The van der Waals surface area contributed by atoms with E-state index in [0.717, 1.165) is 49.5 Å². The van der Waals surface area contributed by atoms with Crippen molar-refractivity contribution in [2.75, 3.05) is 6.61 Å². The van der Waals surface area contributed by atoms with Crippen molar-refractivity contribution in [1.82, 2.24) is 0 Å². The van der Waals surface area contributed by atoms with Crippen molar-refractivity contribution in [2.45, 2.75) is 148 Å². The lowest BCUT2D eigenvalue weighted by Crippen LogP contribution is -2.37. The molecule has 3 saturated carbocycles. The lowest BCUT2D eigenvalue weighted by atomic mass is 9.70. The van der Waals surface area contributed by atoms with Crippen molar-refractivity contribution in [3.63, 3.8) is 0 Å². The van der Waals surface area contributed by atoms with E-state index in [-0.39, 0.29) is 12.2 Å². The SMILES string of the molecule is CCCCCC1CCC(CCC2CCC(C3CCC(C4CCC(C(F)=CC(F)(F)F)CC4)OC3)CC2)CC1. The molecule has 3 aliphatic carbocycles. The van der Waals surface area contributed by atoms with Gasteiger partial charge in [-0.25, -0.2) is 4.39 Å². The van der Waals surface area contributed by atoms with Crippen LogP contribution in [-0.4, -0.2) is 18.9 Å². The normalized spacial score (nSPS) is 37.8. The quantitative estimate of drug-likeness (QED) is 0.197. The van der Waals surface area contributed by atoms with Crippen molar-refractivity contribution in [2.24, 2.45) is 41.4 Å². The zero-order valence-electron chi connectivity index (χ0n) is 24.0. The number of rotatable bonds is 10. The molecule has 1 heterocycles. The first-order valence-corrected chi connectivity index (χ1v) is 16.4. The minimum absolute atomic E-state index is 0.144. The van der Waals surface area contributed by atoms with E-state index in [1.165, 1.54) is 96.3 Å². The molecule has 5 heteroatoms. The summed E-state index contributed by atoms with van der Waals surface area (Å²) in [5, 5.41) is 0. The number of ether oxygens (including phenoxy) is 1. The highest BCUT2D eigenvalue weighted by atomic mass is 19.4. The summed E-state index contributed by atoms with van der Waals surface area (Å²) in [5.41, 5.74) is 0. The highest BCUT2D eigenvalue weighted by Crippen LogP contribution is 2.44. The van der Waals surface area contributed by atoms with Gasteiger partial charge >= 0.3 is 6.18 Å². The summed E-state index contributed by atoms with van der Waals surface area (Å²) in [4.78, 5) is 0. The molecule has 0 aromatic heterocycles. The van der Waals surface area contributed by atoms with Crippen molar-refractivity contribution >= 4 is 0 Å². The van der Waals surface area contributed by atoms with Crippen LogP contribution in [0.4, 0.5) is 17.6 Å². The van der Waals surface area contributed by atoms with Gasteiger partial charge in [0.15, 0.2) is 0 Å². The molecule has 0 radical (unpaired) electrons. The summed E-state index contributed by atoms with van der Waals surface area (Å²) < 4.78 is 57.7. The van der Waals surface area contributed by atoms with Gasteiger partial charge in [0.2, 0.25) is 0 Å². The van der Waals surface area contributed by atoms with E-state index in [0.29, 0.717) is 24.7 Å². The zero-order chi connectivity index (χ0) is 27.0. The Morgan fingerprint density at radius 2 is 1.18 bits per heavy atom. The third-order valence-corrected chi connectivity index (χ3v) is 11.1. The number of alkyl halides is 3. The van der Waals surface area contributed by atoms with Gasteiger partial charge in [0.1, 0.15) is 5.83 Å². The number of hydrogen-bond donors (Lipinski definition) is 0. The van der Waals surface area contributed by atoms with Crippen LogP contribution in [0.3, 0.4) is 0 Å². The second-order valence-electron chi connectivity index (χ2n) is 13.6. The lowest BCUT2D eigenvalue weighted by molar-refractivity contribution is -0.0832. The lowest BCUT2D eigenvalue weighted by Gasteiger charge is -2.41. The monoisotopic (exact) mass is 542 g/mol. The Balaban J connectivity index is 1.07. The Hall–Kier alpha value is -0.580. The predicted molar refractivity (Wildman–Crippen MR) is 147 cm³/mol. The molecule has 0 amide bonds. The van der Waals surface area contributed by atoms with Crippen LogP contribution in [0.2, 0.25) is 0 Å². The summed E-state index contributed by atoms with van der Waals surface area (Å²) in [6, 6.07) is 0. The fourth-order valence-corrected chi connectivity index (χ4v) is 8.49. The largest absolute Gasteiger partial charge is 0.412 e. The van der Waals surface area contributed by atoms with Crippen molar-refractivity contribution in [3.05, 3.63) is 11.9 Å². The molecule has 4 aliphatic rings. The van der Waals surface area contributed by atoms with Gasteiger partial charge in [0.05, 0.1) is 18.8 Å². The molecule has 2 unspecified atom stereocenters. The summed E-state index contributed by atoms with van der Waals surface area (Å²) >= 11 is 0. The minimum atomic E-state index is -4.56. The smallest absolute Gasteiger partial charge is 0.378 e. The first kappa shape index (κ1) is 30.4. The third kappa shape index (κ3) is 9.51. The Morgan fingerprint density at radius 3 is 1.71 bits per heavy atom. The van der Waals surface area contributed by atoms with E-state index in [9.17, 15) is 17.6 Å². The van der Waals surface area contributed by atoms with Crippen molar-refractivity contribution in [3.8, 4) is 0 Å². The molecule has 0 N–H and O–H groups in total. The van der Waals surface area contributed by atoms with Crippen LogP contribution >= 0.6 is 0 Å². The van der Waals surface area contributed by atoms with Gasteiger partial charge in [-0.3, -0.25) is 0 Å². The average molecular weight is 543 g/mol. The second kappa shape index (κ2) is 14.9. The van der Waals surface area contributed by atoms with Crippen LogP contribution in [0.5, 0.6) is 0 Å². The van der Waals surface area contributed by atoms with Crippen molar-refractivity contribution < 1.29 is 22.3 Å². The maximum atomic E-state index is 14.0. The summed E-state index contributed by atoms with van der Waals surface area (Å²) in [6.45, 7) is 3.15. The second-order valence-corrected chi connectivity index (χ2v) is 13.6. The molecule has 2 atom stereocenters. The molecule has 0 aromatic rings. The summed E-state index contributed by atoms with van der Waals surface area (Å²) in [7, 11) is 0. The Bertz CT molecular complexity index is 686. The molecule has 4 fully saturated rings. The van der Waals surface area contributed by atoms with Gasteiger partial charge in [0, 0.05) is 5.92 Å². The number of halogens is 4. The van der Waals surface area contributed by atoms with Crippen molar-refractivity contribution in [1.29, 1.82) is 0 Å². The van der Waals surface area contributed by atoms with E-state index < -0.39 is 17.9 Å². The molecule has 1 nitrogen and oxygen atoms in total. The molecule has 1 aliphatic heterocycles. The number of allylic oxidation sites excluding steroid dienone is 2. The standard InChI is InChI=1S/C33H54F4O/c1-2-3-4-5-24-6-8-25(9-7-24)10-11-26-12-14-27(15-13-26)30-20-21-32(38-23-30)29-18-16-28(17-19-29)31(34)22-33(35,36)37/h22,24-30,32H,2-21,23H2,1H3. The fraction of sp³-hybridized carbons (Fsp3) is 0.939. The number of hydrogen-bond acceptors (Lipinski definition) is 1. The van der Waals surface area contributed by atoms with E-state index >= 15 is 0 Å². The molecular weight excluding hydrogens is 488 g/mol.